The number of alkyl halides is 3. The van der Waals surface area contributed by atoms with E-state index in [-0.39, 0.29) is 19.3 Å². The highest BCUT2D eigenvalue weighted by atomic mass is 19.4. The van der Waals surface area contributed by atoms with Gasteiger partial charge in [0.1, 0.15) is 6.79 Å². The van der Waals surface area contributed by atoms with E-state index in [9.17, 15) is 13.2 Å². The molecule has 1 N–H and O–H groups in total. The maximum absolute atomic E-state index is 12.6. The van der Waals surface area contributed by atoms with E-state index in [0.29, 0.717) is 17.0 Å². The number of hydrogen-bond acceptors (Lipinski definition) is 5. The van der Waals surface area contributed by atoms with Crippen LogP contribution in [0.3, 0.4) is 0 Å². The molecule has 0 amide bonds. The second-order valence-electron chi connectivity index (χ2n) is 5.18. The van der Waals surface area contributed by atoms with Crippen molar-refractivity contribution >= 4 is 0 Å². The highest BCUT2D eigenvalue weighted by molar-refractivity contribution is 5.60. The normalized spacial score (nSPS) is 11.7. The van der Waals surface area contributed by atoms with Crippen molar-refractivity contribution in [2.45, 2.75) is 12.8 Å². The van der Waals surface area contributed by atoms with Gasteiger partial charge < -0.3 is 14.4 Å². The molecule has 0 aliphatic carbocycles. The summed E-state index contributed by atoms with van der Waals surface area (Å²) in [6, 6.07) is 11.6. The zero-order valence-corrected chi connectivity index (χ0v) is 12.8. The molecule has 8 heteroatoms. The molecule has 0 aliphatic heterocycles. The summed E-state index contributed by atoms with van der Waals surface area (Å²) in [6.45, 7) is -0.154. The van der Waals surface area contributed by atoms with Gasteiger partial charge in [0, 0.05) is 11.1 Å². The number of aliphatic hydroxyl groups excluding tert-OH is 1. The molecule has 0 fully saturated rings. The standard InChI is InChI=1S/C17H13F3N2O3/c18-17(19,20)14-6-4-12(5-7-14)16-21-15(22-25-16)13-3-1-2-11(8-13)9-24-10-23/h1-8,23H,9-10H2. The van der Waals surface area contributed by atoms with Crippen molar-refractivity contribution in [2.24, 2.45) is 0 Å². The minimum Gasteiger partial charge on any atom is -0.371 e. The van der Waals surface area contributed by atoms with E-state index in [1.54, 1.807) is 18.2 Å². The predicted octanol–water partition coefficient (Wildman–Crippen LogP) is 3.89. The quantitative estimate of drug-likeness (QED) is 0.707. The van der Waals surface area contributed by atoms with Crippen LogP contribution in [-0.4, -0.2) is 22.0 Å². The van der Waals surface area contributed by atoms with Crippen LogP contribution < -0.4 is 0 Å². The monoisotopic (exact) mass is 350 g/mol. The maximum Gasteiger partial charge on any atom is 0.416 e. The van der Waals surface area contributed by atoms with Gasteiger partial charge in [-0.05, 0) is 35.9 Å². The molecular formula is C17H13F3N2O3. The molecule has 2 aromatic carbocycles. The van der Waals surface area contributed by atoms with Crippen molar-refractivity contribution in [2.75, 3.05) is 6.79 Å². The maximum atomic E-state index is 12.6. The first-order chi connectivity index (χ1) is 12.0. The lowest BCUT2D eigenvalue weighted by Crippen LogP contribution is -2.03. The lowest BCUT2D eigenvalue weighted by atomic mass is 10.1. The van der Waals surface area contributed by atoms with Crippen molar-refractivity contribution in [3.63, 3.8) is 0 Å². The van der Waals surface area contributed by atoms with Crippen LogP contribution in [0.1, 0.15) is 11.1 Å². The number of nitrogens with zero attached hydrogens (tertiary/aromatic N) is 2. The number of halogens is 3. The van der Waals surface area contributed by atoms with Crippen LogP contribution >= 0.6 is 0 Å². The second kappa shape index (κ2) is 7.04. The number of aliphatic hydroxyl groups is 1. The van der Waals surface area contributed by atoms with E-state index in [0.717, 1.165) is 17.7 Å². The van der Waals surface area contributed by atoms with Gasteiger partial charge >= 0.3 is 6.18 Å². The molecule has 0 aliphatic rings. The summed E-state index contributed by atoms with van der Waals surface area (Å²) in [7, 11) is 0. The molecule has 0 spiro atoms. The van der Waals surface area contributed by atoms with Crippen molar-refractivity contribution in [1.82, 2.24) is 10.1 Å². The van der Waals surface area contributed by atoms with E-state index in [2.05, 4.69) is 10.1 Å². The van der Waals surface area contributed by atoms with Crippen molar-refractivity contribution in [3.8, 4) is 22.8 Å². The average Bonchev–Trinajstić information content (AvgIpc) is 3.10. The van der Waals surface area contributed by atoms with Gasteiger partial charge in [-0.1, -0.05) is 23.4 Å². The van der Waals surface area contributed by atoms with Crippen LogP contribution in [0.2, 0.25) is 0 Å². The SMILES string of the molecule is OCOCc1cccc(-c2noc(-c3ccc(C(F)(F)F)cc3)n2)c1. The lowest BCUT2D eigenvalue weighted by Gasteiger charge is -2.05. The van der Waals surface area contributed by atoms with Crippen LogP contribution in [0, 0.1) is 0 Å². The summed E-state index contributed by atoms with van der Waals surface area (Å²) in [6.07, 6.45) is -4.39. The van der Waals surface area contributed by atoms with Gasteiger partial charge in [0.25, 0.3) is 5.89 Å². The summed E-state index contributed by atoms with van der Waals surface area (Å²) in [5.74, 6) is 0.432. The van der Waals surface area contributed by atoms with Crippen LogP contribution in [0.25, 0.3) is 22.8 Å². The topological polar surface area (TPSA) is 68.4 Å². The molecule has 3 rings (SSSR count). The summed E-state index contributed by atoms with van der Waals surface area (Å²) in [5, 5.41) is 12.5. The van der Waals surface area contributed by atoms with Gasteiger partial charge in [0.2, 0.25) is 5.82 Å². The smallest absolute Gasteiger partial charge is 0.371 e. The lowest BCUT2D eigenvalue weighted by molar-refractivity contribution is -0.137. The van der Waals surface area contributed by atoms with Gasteiger partial charge in [0.05, 0.1) is 12.2 Å². The van der Waals surface area contributed by atoms with Crippen LogP contribution in [0.5, 0.6) is 0 Å². The molecule has 0 bridgehead atoms. The predicted molar refractivity (Wildman–Crippen MR) is 82.0 cm³/mol. The fourth-order valence-electron chi connectivity index (χ4n) is 2.22. The average molecular weight is 350 g/mol. The van der Waals surface area contributed by atoms with Crippen molar-refractivity contribution in [3.05, 3.63) is 59.7 Å². The first-order valence-electron chi connectivity index (χ1n) is 7.26. The van der Waals surface area contributed by atoms with Gasteiger partial charge in [0.15, 0.2) is 0 Å². The zero-order valence-electron chi connectivity index (χ0n) is 12.8. The fourth-order valence-corrected chi connectivity index (χ4v) is 2.22. The van der Waals surface area contributed by atoms with E-state index < -0.39 is 11.7 Å². The molecule has 0 radical (unpaired) electrons. The first kappa shape index (κ1) is 17.1. The molecule has 130 valence electrons. The van der Waals surface area contributed by atoms with E-state index in [4.69, 9.17) is 14.4 Å². The molecule has 0 saturated carbocycles. The second-order valence-corrected chi connectivity index (χ2v) is 5.18. The molecular weight excluding hydrogens is 337 g/mol. The van der Waals surface area contributed by atoms with Crippen molar-refractivity contribution < 1.29 is 27.5 Å². The number of rotatable bonds is 5. The van der Waals surface area contributed by atoms with Crippen molar-refractivity contribution in [1.29, 1.82) is 0 Å². The summed E-state index contributed by atoms with van der Waals surface area (Å²) < 4.78 is 47.9. The Bertz CT molecular complexity index is 845. The molecule has 0 unspecified atom stereocenters. The third kappa shape index (κ3) is 4.04. The Morgan fingerprint density at radius 1 is 1.04 bits per heavy atom. The fraction of sp³-hybridized carbons (Fsp3) is 0.176. The van der Waals surface area contributed by atoms with Gasteiger partial charge in [-0.2, -0.15) is 18.2 Å². The Hall–Kier alpha value is -2.71. The number of hydrogen-bond donors (Lipinski definition) is 1. The molecule has 25 heavy (non-hydrogen) atoms. The minimum atomic E-state index is -4.39. The van der Waals surface area contributed by atoms with Gasteiger partial charge in [-0.3, -0.25) is 0 Å². The Labute approximate surface area is 140 Å². The number of ether oxygens (including phenoxy) is 1. The zero-order chi connectivity index (χ0) is 17.9. The van der Waals surface area contributed by atoms with E-state index in [1.165, 1.54) is 12.1 Å². The Morgan fingerprint density at radius 2 is 1.80 bits per heavy atom. The third-order valence-corrected chi connectivity index (χ3v) is 3.43. The van der Waals surface area contributed by atoms with Crippen LogP contribution in [0.4, 0.5) is 13.2 Å². The molecule has 1 heterocycles. The van der Waals surface area contributed by atoms with Crippen LogP contribution in [0.15, 0.2) is 53.1 Å². The Kier molecular flexibility index (Phi) is 4.82. The number of benzene rings is 2. The van der Waals surface area contributed by atoms with E-state index in [1.807, 2.05) is 6.07 Å². The molecule has 0 atom stereocenters. The molecule has 3 aromatic rings. The Morgan fingerprint density at radius 3 is 2.48 bits per heavy atom. The Balaban J connectivity index is 1.83. The largest absolute Gasteiger partial charge is 0.416 e. The summed E-state index contributed by atoms with van der Waals surface area (Å²) in [5.41, 5.74) is 1.13. The van der Waals surface area contributed by atoms with Gasteiger partial charge in [-0.15, -0.1) is 0 Å². The summed E-state index contributed by atoms with van der Waals surface area (Å²) >= 11 is 0. The highest BCUT2D eigenvalue weighted by Gasteiger charge is 2.30. The third-order valence-electron chi connectivity index (χ3n) is 3.43. The number of aromatic nitrogens is 2. The van der Waals surface area contributed by atoms with Gasteiger partial charge in [-0.25, -0.2) is 0 Å². The highest BCUT2D eigenvalue weighted by Crippen LogP contribution is 2.31. The molecule has 5 nitrogen and oxygen atoms in total. The van der Waals surface area contributed by atoms with E-state index >= 15 is 0 Å². The first-order valence-corrected chi connectivity index (χ1v) is 7.26. The minimum absolute atomic E-state index is 0.126. The molecule has 1 aromatic heterocycles. The van der Waals surface area contributed by atoms with Crippen LogP contribution in [-0.2, 0) is 17.5 Å². The molecule has 0 saturated heterocycles. The summed E-state index contributed by atoms with van der Waals surface area (Å²) in [4.78, 5) is 4.21.